The summed E-state index contributed by atoms with van der Waals surface area (Å²) in [5.74, 6) is -0.466. The molecule has 0 amide bonds. The number of aromatic amines is 1. The van der Waals surface area contributed by atoms with Crippen LogP contribution in [-0.2, 0) is 17.8 Å². The van der Waals surface area contributed by atoms with Crippen molar-refractivity contribution in [3.8, 4) is 0 Å². The van der Waals surface area contributed by atoms with Crippen LogP contribution in [0.3, 0.4) is 0 Å². The number of nitrogens with zero attached hydrogens (tertiary/aromatic N) is 1. The van der Waals surface area contributed by atoms with Crippen molar-refractivity contribution >= 4 is 17.3 Å². The van der Waals surface area contributed by atoms with Crippen LogP contribution in [0.2, 0.25) is 0 Å². The Morgan fingerprint density at radius 1 is 1.23 bits per heavy atom. The molecule has 0 spiro atoms. The fourth-order valence-electron chi connectivity index (χ4n) is 2.16. The molecule has 0 aliphatic carbocycles. The Morgan fingerprint density at radius 3 is 2.59 bits per heavy atom. The van der Waals surface area contributed by atoms with E-state index in [-0.39, 0.29) is 17.2 Å². The summed E-state index contributed by atoms with van der Waals surface area (Å²) in [5.41, 5.74) is 1.48. The predicted octanol–water partition coefficient (Wildman–Crippen LogP) is 2.64. The smallest absolute Gasteiger partial charge is 0.356 e. The number of ether oxygens (including phenoxy) is 1. The number of hydrogen-bond acceptors (Lipinski definition) is 5. The zero-order valence-electron chi connectivity index (χ0n) is 12.8. The Morgan fingerprint density at radius 2 is 1.95 bits per heavy atom. The van der Waals surface area contributed by atoms with Crippen LogP contribution in [0.4, 0.5) is 0 Å². The summed E-state index contributed by atoms with van der Waals surface area (Å²) >= 11 is 1.07. The van der Waals surface area contributed by atoms with Crippen LogP contribution in [0.25, 0.3) is 0 Å². The normalized spacial score (nSPS) is 10.9. The van der Waals surface area contributed by atoms with E-state index in [1.54, 1.807) is 6.92 Å². The molecule has 0 aliphatic heterocycles. The number of rotatable bonds is 7. The number of carbonyl (C=O) groups excluding carboxylic acids is 1. The summed E-state index contributed by atoms with van der Waals surface area (Å²) in [6, 6.07) is 10.1. The average Bonchev–Trinajstić information content (AvgIpc) is 2.88. The molecule has 2 aromatic rings. The van der Waals surface area contributed by atoms with E-state index in [1.807, 2.05) is 18.2 Å². The van der Waals surface area contributed by atoms with Gasteiger partial charge in [-0.3, -0.25) is 9.69 Å². The van der Waals surface area contributed by atoms with Crippen molar-refractivity contribution in [1.29, 1.82) is 0 Å². The Balaban J connectivity index is 2.14. The largest absolute Gasteiger partial charge is 0.461 e. The van der Waals surface area contributed by atoms with Crippen molar-refractivity contribution in [1.82, 2.24) is 9.88 Å². The molecule has 0 radical (unpaired) electrons. The first kappa shape index (κ1) is 16.5. The number of carbonyl (C=O) groups is 1. The average molecular weight is 320 g/mol. The molecule has 5 nitrogen and oxygen atoms in total. The third-order valence-electron chi connectivity index (χ3n) is 3.26. The maximum absolute atomic E-state index is 11.9. The quantitative estimate of drug-likeness (QED) is 0.797. The maximum atomic E-state index is 11.9. The lowest BCUT2D eigenvalue weighted by molar-refractivity contribution is 0.0517. The van der Waals surface area contributed by atoms with Crippen LogP contribution in [0.1, 0.15) is 34.8 Å². The van der Waals surface area contributed by atoms with E-state index in [4.69, 9.17) is 4.74 Å². The summed E-state index contributed by atoms with van der Waals surface area (Å²) < 4.78 is 4.99. The van der Waals surface area contributed by atoms with Gasteiger partial charge in [-0.2, -0.15) is 0 Å². The molecule has 118 valence electrons. The topological polar surface area (TPSA) is 62.4 Å². The second-order valence-corrected chi connectivity index (χ2v) is 5.89. The van der Waals surface area contributed by atoms with E-state index in [9.17, 15) is 9.59 Å². The van der Waals surface area contributed by atoms with Crippen molar-refractivity contribution in [2.75, 3.05) is 13.2 Å². The monoisotopic (exact) mass is 320 g/mol. The molecule has 0 bridgehead atoms. The van der Waals surface area contributed by atoms with Gasteiger partial charge in [-0.1, -0.05) is 48.6 Å². The highest BCUT2D eigenvalue weighted by atomic mass is 32.1. The highest BCUT2D eigenvalue weighted by Gasteiger charge is 2.19. The first-order valence-corrected chi connectivity index (χ1v) is 8.11. The molecule has 1 N–H and O–H groups in total. The number of aromatic nitrogens is 1. The molecule has 22 heavy (non-hydrogen) atoms. The number of nitrogens with one attached hydrogen (secondary N) is 1. The van der Waals surface area contributed by atoms with E-state index >= 15 is 0 Å². The second kappa shape index (κ2) is 7.91. The Kier molecular flexibility index (Phi) is 5.91. The molecular formula is C16H20N2O3S. The zero-order chi connectivity index (χ0) is 15.9. The van der Waals surface area contributed by atoms with E-state index in [0.29, 0.717) is 6.54 Å². The number of H-pyrrole nitrogens is 1. The van der Waals surface area contributed by atoms with Crippen molar-refractivity contribution in [2.24, 2.45) is 0 Å². The summed E-state index contributed by atoms with van der Waals surface area (Å²) in [7, 11) is 0. The number of esters is 1. The lowest BCUT2D eigenvalue weighted by Crippen LogP contribution is -2.23. The van der Waals surface area contributed by atoms with Crippen molar-refractivity contribution < 1.29 is 9.53 Å². The van der Waals surface area contributed by atoms with Gasteiger partial charge in [-0.05, 0) is 19.0 Å². The third kappa shape index (κ3) is 4.29. The lowest BCUT2D eigenvalue weighted by atomic mass is 10.2. The highest BCUT2D eigenvalue weighted by Crippen LogP contribution is 2.16. The van der Waals surface area contributed by atoms with Gasteiger partial charge < -0.3 is 9.72 Å². The fraction of sp³-hybridized carbons (Fsp3) is 0.375. The first-order valence-electron chi connectivity index (χ1n) is 7.29. The molecule has 1 aromatic heterocycles. The minimum absolute atomic E-state index is 0.228. The zero-order valence-corrected chi connectivity index (χ0v) is 13.6. The van der Waals surface area contributed by atoms with E-state index < -0.39 is 5.97 Å². The standard InChI is InChI=1S/C16H20N2O3S/c1-3-18(10-12-8-6-5-7-9-12)11-13-14(15(19)21-4-2)17-16(20)22-13/h5-9H,3-4,10-11H2,1-2H3,(H,17,20). The van der Waals surface area contributed by atoms with Crippen molar-refractivity contribution in [3.63, 3.8) is 0 Å². The molecule has 0 unspecified atom stereocenters. The van der Waals surface area contributed by atoms with Gasteiger partial charge in [0.15, 0.2) is 0 Å². The van der Waals surface area contributed by atoms with Crippen LogP contribution in [0, 0.1) is 0 Å². The molecule has 6 heteroatoms. The molecule has 0 saturated carbocycles. The second-order valence-electron chi connectivity index (χ2n) is 4.82. The van der Waals surface area contributed by atoms with Gasteiger partial charge in [0.2, 0.25) is 0 Å². The Hall–Kier alpha value is -1.92. The summed E-state index contributed by atoms with van der Waals surface area (Å²) in [6.45, 7) is 6.23. The van der Waals surface area contributed by atoms with E-state index in [2.05, 4.69) is 28.9 Å². The number of hydrogen-bond donors (Lipinski definition) is 1. The van der Waals surface area contributed by atoms with Gasteiger partial charge in [-0.25, -0.2) is 4.79 Å². The summed E-state index contributed by atoms with van der Waals surface area (Å²) in [5, 5.41) is 0. The highest BCUT2D eigenvalue weighted by molar-refractivity contribution is 7.09. The van der Waals surface area contributed by atoms with Crippen LogP contribution < -0.4 is 4.87 Å². The van der Waals surface area contributed by atoms with Crippen LogP contribution in [-0.4, -0.2) is 29.0 Å². The van der Waals surface area contributed by atoms with Crippen LogP contribution in [0.5, 0.6) is 0 Å². The molecule has 1 aromatic carbocycles. The molecule has 2 rings (SSSR count). The van der Waals surface area contributed by atoms with Gasteiger partial charge in [0.1, 0.15) is 5.69 Å². The Bertz CT molecular complexity index is 664. The SMILES string of the molecule is CCOC(=O)c1[nH]c(=O)sc1CN(CC)Cc1ccccc1. The van der Waals surface area contributed by atoms with Crippen LogP contribution >= 0.6 is 11.3 Å². The minimum Gasteiger partial charge on any atom is -0.461 e. The predicted molar refractivity (Wildman–Crippen MR) is 87.1 cm³/mol. The van der Waals surface area contributed by atoms with Gasteiger partial charge in [0.05, 0.1) is 11.5 Å². The van der Waals surface area contributed by atoms with E-state index in [0.717, 1.165) is 29.3 Å². The van der Waals surface area contributed by atoms with Gasteiger partial charge in [0, 0.05) is 13.1 Å². The fourth-order valence-corrected chi connectivity index (χ4v) is 3.02. The van der Waals surface area contributed by atoms with E-state index in [1.165, 1.54) is 5.56 Å². The van der Waals surface area contributed by atoms with Gasteiger partial charge in [0.25, 0.3) is 0 Å². The van der Waals surface area contributed by atoms with Gasteiger partial charge in [-0.15, -0.1) is 0 Å². The minimum atomic E-state index is -0.466. The molecule has 0 aliphatic rings. The molecule has 1 heterocycles. The first-order chi connectivity index (χ1) is 10.6. The maximum Gasteiger partial charge on any atom is 0.356 e. The summed E-state index contributed by atoms with van der Waals surface area (Å²) in [6.07, 6.45) is 0. The lowest BCUT2D eigenvalue weighted by Gasteiger charge is -2.20. The molecule has 0 saturated heterocycles. The molecule has 0 atom stereocenters. The van der Waals surface area contributed by atoms with Crippen LogP contribution in [0.15, 0.2) is 35.1 Å². The number of thiazole rings is 1. The van der Waals surface area contributed by atoms with Crippen molar-refractivity contribution in [3.05, 3.63) is 56.1 Å². The van der Waals surface area contributed by atoms with Gasteiger partial charge >= 0.3 is 10.8 Å². The molecule has 0 fully saturated rings. The Labute approximate surface area is 133 Å². The van der Waals surface area contributed by atoms with Crippen molar-refractivity contribution in [2.45, 2.75) is 26.9 Å². The number of benzene rings is 1. The third-order valence-corrected chi connectivity index (χ3v) is 4.13. The summed E-state index contributed by atoms with van der Waals surface area (Å²) in [4.78, 5) is 28.7. The molecular weight excluding hydrogens is 300 g/mol.